The van der Waals surface area contributed by atoms with Gasteiger partial charge < -0.3 is 11.2 Å². The Kier molecular flexibility index (Phi) is 4.66. The average Bonchev–Trinajstić information content (AvgIpc) is 2.73. The van der Waals surface area contributed by atoms with E-state index in [0.717, 1.165) is 10.2 Å². The number of carbonyl (C=O) groups excluding carboxylic acids is 1. The predicted molar refractivity (Wildman–Crippen MR) is 83.0 cm³/mol. The zero-order valence-electron chi connectivity index (χ0n) is 11.0. The van der Waals surface area contributed by atoms with Crippen LogP contribution in [0.25, 0.3) is 0 Å². The summed E-state index contributed by atoms with van der Waals surface area (Å²) in [7, 11) is 0. The molecule has 0 aliphatic rings. The minimum Gasteiger partial charge on any atom is -0.336 e. The highest BCUT2D eigenvalue weighted by Crippen LogP contribution is 2.22. The first-order valence-electron chi connectivity index (χ1n) is 5.87. The Morgan fingerprint density at radius 3 is 2.60 bits per heavy atom. The van der Waals surface area contributed by atoms with Gasteiger partial charge in [0, 0.05) is 10.2 Å². The van der Waals surface area contributed by atoms with Crippen molar-refractivity contribution < 1.29 is 4.79 Å². The van der Waals surface area contributed by atoms with E-state index in [-0.39, 0.29) is 11.2 Å². The molecule has 1 amide bonds. The number of thioether (sulfide) groups is 1. The minimum absolute atomic E-state index is 0.113. The third-order valence-electron chi connectivity index (χ3n) is 2.60. The first kappa shape index (κ1) is 14.9. The van der Waals surface area contributed by atoms with Crippen LogP contribution in [0.3, 0.4) is 0 Å². The number of rotatable bonds is 4. The number of nitrogens with one attached hydrogen (secondary N) is 1. The summed E-state index contributed by atoms with van der Waals surface area (Å²) >= 11 is 4.61. The molecule has 1 heterocycles. The molecule has 0 fully saturated rings. The molecule has 8 heteroatoms. The van der Waals surface area contributed by atoms with Crippen LogP contribution in [0.4, 0.5) is 5.69 Å². The van der Waals surface area contributed by atoms with E-state index < -0.39 is 0 Å². The van der Waals surface area contributed by atoms with Crippen molar-refractivity contribution >= 4 is 39.3 Å². The number of carbonyl (C=O) groups is 1. The summed E-state index contributed by atoms with van der Waals surface area (Å²) in [6.45, 7) is 3.55. The molecule has 0 radical (unpaired) electrons. The van der Waals surface area contributed by atoms with Gasteiger partial charge in [-0.05, 0) is 38.1 Å². The van der Waals surface area contributed by atoms with E-state index in [4.69, 9.17) is 5.84 Å². The van der Waals surface area contributed by atoms with Crippen molar-refractivity contribution in [2.75, 3.05) is 11.2 Å². The maximum Gasteiger partial charge on any atom is 0.237 e. The SMILES string of the molecule is Cc1nnc(S[C@H](C)C(=O)Nc2ccc(Br)cc2)n1N. The van der Waals surface area contributed by atoms with Gasteiger partial charge in [-0.1, -0.05) is 27.7 Å². The van der Waals surface area contributed by atoms with E-state index in [1.807, 2.05) is 24.3 Å². The van der Waals surface area contributed by atoms with Crippen molar-refractivity contribution in [2.24, 2.45) is 0 Å². The van der Waals surface area contributed by atoms with Crippen LogP contribution in [0.5, 0.6) is 0 Å². The van der Waals surface area contributed by atoms with Gasteiger partial charge in [0.2, 0.25) is 11.1 Å². The lowest BCUT2D eigenvalue weighted by Crippen LogP contribution is -2.23. The highest BCUT2D eigenvalue weighted by atomic mass is 79.9. The molecule has 20 heavy (non-hydrogen) atoms. The average molecular weight is 356 g/mol. The molecular weight excluding hydrogens is 342 g/mol. The number of nitrogen functional groups attached to an aromatic ring is 1. The van der Waals surface area contributed by atoms with Gasteiger partial charge in [0.1, 0.15) is 5.82 Å². The van der Waals surface area contributed by atoms with E-state index in [1.165, 1.54) is 16.4 Å². The van der Waals surface area contributed by atoms with Crippen LogP contribution in [0.1, 0.15) is 12.7 Å². The van der Waals surface area contributed by atoms with Gasteiger partial charge in [-0.15, -0.1) is 10.2 Å². The van der Waals surface area contributed by atoms with E-state index in [0.29, 0.717) is 11.0 Å². The fourth-order valence-corrected chi connectivity index (χ4v) is 2.50. The number of halogens is 1. The molecule has 2 aromatic rings. The van der Waals surface area contributed by atoms with Crippen molar-refractivity contribution in [1.29, 1.82) is 0 Å². The number of nitrogens with two attached hydrogens (primary N) is 1. The molecule has 1 aromatic heterocycles. The number of amides is 1. The van der Waals surface area contributed by atoms with Crippen molar-refractivity contribution in [1.82, 2.24) is 14.9 Å². The van der Waals surface area contributed by atoms with Crippen LogP contribution in [0.2, 0.25) is 0 Å². The number of anilines is 1. The van der Waals surface area contributed by atoms with E-state index in [9.17, 15) is 4.79 Å². The lowest BCUT2D eigenvalue weighted by Gasteiger charge is -2.11. The Labute approximate surface area is 129 Å². The standard InChI is InChI=1S/C12H14BrN5OS/c1-7(20-12-17-16-8(2)18(12)14)11(19)15-10-5-3-9(13)4-6-10/h3-7H,14H2,1-2H3,(H,15,19)/t7-/m1/s1. The number of hydrogen-bond donors (Lipinski definition) is 2. The lowest BCUT2D eigenvalue weighted by atomic mass is 10.3. The Morgan fingerprint density at radius 2 is 2.05 bits per heavy atom. The van der Waals surface area contributed by atoms with Crippen molar-refractivity contribution in [2.45, 2.75) is 24.3 Å². The van der Waals surface area contributed by atoms with Crippen molar-refractivity contribution in [3.8, 4) is 0 Å². The maximum atomic E-state index is 12.1. The Bertz CT molecular complexity index is 613. The molecule has 0 saturated heterocycles. The summed E-state index contributed by atoms with van der Waals surface area (Å²) in [4.78, 5) is 12.1. The first-order valence-corrected chi connectivity index (χ1v) is 7.55. The quantitative estimate of drug-likeness (QED) is 0.648. The molecule has 0 spiro atoms. The Balaban J connectivity index is 1.98. The third-order valence-corrected chi connectivity index (χ3v) is 4.18. The molecule has 1 aromatic carbocycles. The minimum atomic E-state index is -0.329. The van der Waals surface area contributed by atoms with Crippen LogP contribution in [-0.4, -0.2) is 26.0 Å². The molecule has 2 rings (SSSR count). The molecule has 1 atom stereocenters. The summed E-state index contributed by atoms with van der Waals surface area (Å²) in [5, 5.41) is 10.8. The second-order valence-corrected chi connectivity index (χ2v) is 6.38. The van der Waals surface area contributed by atoms with Gasteiger partial charge in [0.25, 0.3) is 0 Å². The number of aromatic nitrogens is 3. The molecule has 0 aliphatic carbocycles. The van der Waals surface area contributed by atoms with Crippen LogP contribution < -0.4 is 11.2 Å². The summed E-state index contributed by atoms with van der Waals surface area (Å²) in [5.41, 5.74) is 0.746. The van der Waals surface area contributed by atoms with E-state index >= 15 is 0 Å². The molecular formula is C12H14BrN5OS. The van der Waals surface area contributed by atoms with Crippen LogP contribution >= 0.6 is 27.7 Å². The van der Waals surface area contributed by atoms with E-state index in [1.54, 1.807) is 13.8 Å². The van der Waals surface area contributed by atoms with Crippen molar-refractivity contribution in [3.05, 3.63) is 34.6 Å². The monoisotopic (exact) mass is 355 g/mol. The smallest absolute Gasteiger partial charge is 0.237 e. The van der Waals surface area contributed by atoms with Crippen LogP contribution in [0.15, 0.2) is 33.9 Å². The Morgan fingerprint density at radius 1 is 1.40 bits per heavy atom. The van der Waals surface area contributed by atoms with Crippen molar-refractivity contribution in [3.63, 3.8) is 0 Å². The molecule has 0 unspecified atom stereocenters. The molecule has 6 nitrogen and oxygen atoms in total. The van der Waals surface area contributed by atoms with Crippen LogP contribution in [0, 0.1) is 6.92 Å². The van der Waals surface area contributed by atoms with E-state index in [2.05, 4.69) is 31.4 Å². The van der Waals surface area contributed by atoms with Gasteiger partial charge in [0.05, 0.1) is 5.25 Å². The highest BCUT2D eigenvalue weighted by molar-refractivity contribution is 9.10. The summed E-state index contributed by atoms with van der Waals surface area (Å²) in [6.07, 6.45) is 0. The fraction of sp³-hybridized carbons (Fsp3) is 0.250. The number of benzene rings is 1. The van der Waals surface area contributed by atoms with Gasteiger partial charge in [-0.3, -0.25) is 4.79 Å². The Hall–Kier alpha value is -1.54. The number of aryl methyl sites for hydroxylation is 1. The first-order chi connectivity index (χ1) is 9.47. The largest absolute Gasteiger partial charge is 0.336 e. The van der Waals surface area contributed by atoms with Crippen LogP contribution in [-0.2, 0) is 4.79 Å². The summed E-state index contributed by atoms with van der Waals surface area (Å²) < 4.78 is 2.33. The normalized spacial score (nSPS) is 12.2. The summed E-state index contributed by atoms with van der Waals surface area (Å²) in [5.74, 6) is 6.25. The van der Waals surface area contributed by atoms with Gasteiger partial charge in [0.15, 0.2) is 0 Å². The summed E-state index contributed by atoms with van der Waals surface area (Å²) in [6, 6.07) is 7.39. The predicted octanol–water partition coefficient (Wildman–Crippen LogP) is 2.18. The number of nitrogens with zero attached hydrogens (tertiary/aromatic N) is 3. The molecule has 3 N–H and O–H groups in total. The third kappa shape index (κ3) is 3.51. The van der Waals surface area contributed by atoms with Gasteiger partial charge >= 0.3 is 0 Å². The zero-order valence-corrected chi connectivity index (χ0v) is 13.4. The topological polar surface area (TPSA) is 85.8 Å². The second-order valence-electron chi connectivity index (χ2n) is 4.16. The molecule has 106 valence electrons. The molecule has 0 bridgehead atoms. The second kappa shape index (κ2) is 6.27. The van der Waals surface area contributed by atoms with Gasteiger partial charge in [-0.25, -0.2) is 4.68 Å². The molecule has 0 saturated carbocycles. The molecule has 0 aliphatic heterocycles. The zero-order chi connectivity index (χ0) is 14.7. The highest BCUT2D eigenvalue weighted by Gasteiger charge is 2.18. The lowest BCUT2D eigenvalue weighted by molar-refractivity contribution is -0.115. The van der Waals surface area contributed by atoms with Gasteiger partial charge in [-0.2, -0.15) is 0 Å². The number of hydrogen-bond acceptors (Lipinski definition) is 5. The maximum absolute atomic E-state index is 12.1. The fourth-order valence-electron chi connectivity index (χ4n) is 1.42.